The molecule has 82 valence electrons. The van der Waals surface area contributed by atoms with E-state index in [2.05, 4.69) is 21.2 Å². The predicted molar refractivity (Wildman–Crippen MR) is 60.5 cm³/mol. The number of nitrogens with one attached hydrogen (secondary N) is 1. The van der Waals surface area contributed by atoms with E-state index < -0.39 is 0 Å². The van der Waals surface area contributed by atoms with Gasteiger partial charge in [-0.3, -0.25) is 4.79 Å². The van der Waals surface area contributed by atoms with E-state index in [4.69, 9.17) is 0 Å². The number of alkyl halides is 1. The number of hydrogen-bond donors (Lipinski definition) is 3. The van der Waals surface area contributed by atoms with Gasteiger partial charge in [0.25, 0.3) is 5.91 Å². The maximum Gasteiger partial charge on any atom is 0.251 e. The smallest absolute Gasteiger partial charge is 0.251 e. The molecule has 1 atom stereocenters. The summed E-state index contributed by atoms with van der Waals surface area (Å²) in [5, 5.41) is 21.0. The van der Waals surface area contributed by atoms with Crippen molar-refractivity contribution in [2.75, 3.05) is 6.54 Å². The lowest BCUT2D eigenvalue weighted by Crippen LogP contribution is -2.28. The van der Waals surface area contributed by atoms with E-state index in [1.165, 1.54) is 18.2 Å². The molecule has 0 saturated heterocycles. The van der Waals surface area contributed by atoms with Gasteiger partial charge in [0, 0.05) is 23.0 Å². The first-order chi connectivity index (χ1) is 6.99. The first kappa shape index (κ1) is 11.8. The Balaban J connectivity index is 2.73. The fraction of sp³-hybridized carbons (Fsp3) is 0.300. The molecule has 0 fully saturated rings. The molecule has 4 nitrogen and oxygen atoms in total. The van der Waals surface area contributed by atoms with Gasteiger partial charge in [-0.25, -0.2) is 0 Å². The third-order valence-electron chi connectivity index (χ3n) is 1.71. The number of amides is 1. The Hall–Kier alpha value is -1.23. The highest BCUT2D eigenvalue weighted by atomic mass is 79.9. The molecule has 1 rings (SSSR count). The second-order valence-corrected chi connectivity index (χ2v) is 4.79. The fourth-order valence-electron chi connectivity index (χ4n) is 1.06. The minimum atomic E-state index is -0.326. The van der Waals surface area contributed by atoms with Crippen LogP contribution in [0.3, 0.4) is 0 Å². The molecule has 0 bridgehead atoms. The Kier molecular flexibility index (Phi) is 3.96. The molecular weight excluding hydrogens is 262 g/mol. The van der Waals surface area contributed by atoms with Crippen LogP contribution < -0.4 is 5.32 Å². The molecule has 5 heteroatoms. The highest BCUT2D eigenvalue weighted by Gasteiger charge is 2.08. The molecule has 1 amide bonds. The maximum atomic E-state index is 11.5. The van der Waals surface area contributed by atoms with Crippen molar-refractivity contribution in [3.05, 3.63) is 23.8 Å². The third kappa shape index (κ3) is 3.79. The number of halogens is 1. The number of hydrogen-bond acceptors (Lipinski definition) is 3. The summed E-state index contributed by atoms with van der Waals surface area (Å²) in [4.78, 5) is 11.7. The standard InChI is InChI=1S/C10H12BrNO3/c1-6(11)5-12-10(15)7-2-8(13)4-9(14)3-7/h2-4,6,13-14H,5H2,1H3,(H,12,15). The Morgan fingerprint density at radius 3 is 2.40 bits per heavy atom. The number of phenols is 2. The highest BCUT2D eigenvalue weighted by Crippen LogP contribution is 2.20. The number of benzene rings is 1. The lowest BCUT2D eigenvalue weighted by atomic mass is 10.2. The van der Waals surface area contributed by atoms with E-state index >= 15 is 0 Å². The zero-order valence-corrected chi connectivity index (χ0v) is 9.78. The molecule has 0 aliphatic carbocycles. The topological polar surface area (TPSA) is 69.6 Å². The van der Waals surface area contributed by atoms with Gasteiger partial charge in [-0.2, -0.15) is 0 Å². The molecule has 1 aromatic carbocycles. The number of carbonyl (C=O) groups excluding carboxylic acids is 1. The largest absolute Gasteiger partial charge is 0.508 e. The second kappa shape index (κ2) is 5.02. The molecule has 0 aliphatic rings. The Morgan fingerprint density at radius 2 is 1.93 bits per heavy atom. The first-order valence-electron chi connectivity index (χ1n) is 4.44. The number of aromatic hydroxyl groups is 2. The lowest BCUT2D eigenvalue weighted by Gasteiger charge is -2.07. The summed E-state index contributed by atoms with van der Waals surface area (Å²) in [6.07, 6.45) is 0. The quantitative estimate of drug-likeness (QED) is 0.733. The van der Waals surface area contributed by atoms with Crippen LogP contribution in [0.25, 0.3) is 0 Å². The van der Waals surface area contributed by atoms with Crippen molar-refractivity contribution in [3.8, 4) is 11.5 Å². The van der Waals surface area contributed by atoms with Crippen LogP contribution in [0, 0.1) is 0 Å². The molecule has 0 heterocycles. The average molecular weight is 274 g/mol. The van der Waals surface area contributed by atoms with Gasteiger partial charge < -0.3 is 15.5 Å². The van der Waals surface area contributed by atoms with Gasteiger partial charge in [0.2, 0.25) is 0 Å². The summed E-state index contributed by atoms with van der Waals surface area (Å²) < 4.78 is 0. The third-order valence-corrected chi connectivity index (χ3v) is 2.03. The van der Waals surface area contributed by atoms with Crippen LogP contribution in [0.2, 0.25) is 0 Å². The van der Waals surface area contributed by atoms with Crippen LogP contribution in [0.4, 0.5) is 0 Å². The van der Waals surface area contributed by atoms with Gasteiger partial charge in [-0.15, -0.1) is 0 Å². The zero-order valence-electron chi connectivity index (χ0n) is 8.20. The normalized spacial score (nSPS) is 12.1. The number of carbonyl (C=O) groups is 1. The van der Waals surface area contributed by atoms with E-state index in [0.29, 0.717) is 6.54 Å². The molecule has 0 saturated carbocycles. The summed E-state index contributed by atoms with van der Waals surface area (Å²) in [6.45, 7) is 2.38. The van der Waals surface area contributed by atoms with Gasteiger partial charge in [-0.05, 0) is 12.1 Å². The lowest BCUT2D eigenvalue weighted by molar-refractivity contribution is 0.0953. The Morgan fingerprint density at radius 1 is 1.40 bits per heavy atom. The molecule has 3 N–H and O–H groups in total. The van der Waals surface area contributed by atoms with Crippen molar-refractivity contribution in [1.82, 2.24) is 5.32 Å². The molecule has 1 unspecified atom stereocenters. The van der Waals surface area contributed by atoms with Crippen LogP contribution >= 0.6 is 15.9 Å². The molecule has 0 radical (unpaired) electrons. The molecule has 0 aliphatic heterocycles. The van der Waals surface area contributed by atoms with Crippen molar-refractivity contribution in [2.45, 2.75) is 11.8 Å². The average Bonchev–Trinajstić information content (AvgIpc) is 2.12. The van der Waals surface area contributed by atoms with E-state index in [1.54, 1.807) is 0 Å². The minimum absolute atomic E-state index is 0.132. The van der Waals surface area contributed by atoms with Crippen LogP contribution in [-0.2, 0) is 0 Å². The second-order valence-electron chi connectivity index (χ2n) is 3.23. The number of phenolic OH excluding ortho intramolecular Hbond substituents is 2. The van der Waals surface area contributed by atoms with Gasteiger partial charge in [0.15, 0.2) is 0 Å². The van der Waals surface area contributed by atoms with E-state index in [1.807, 2.05) is 6.92 Å². The Labute approximate surface area is 96.1 Å². The molecule has 0 spiro atoms. The van der Waals surface area contributed by atoms with Crippen molar-refractivity contribution in [1.29, 1.82) is 0 Å². The molecular formula is C10H12BrNO3. The SMILES string of the molecule is CC(Br)CNC(=O)c1cc(O)cc(O)c1. The summed E-state index contributed by atoms with van der Waals surface area (Å²) in [7, 11) is 0. The zero-order chi connectivity index (χ0) is 11.4. The van der Waals surface area contributed by atoms with Gasteiger partial charge in [-0.1, -0.05) is 22.9 Å². The van der Waals surface area contributed by atoms with Crippen LogP contribution in [-0.4, -0.2) is 27.5 Å². The summed E-state index contributed by atoms with van der Waals surface area (Å²) in [6, 6.07) is 3.77. The summed E-state index contributed by atoms with van der Waals surface area (Å²) >= 11 is 3.29. The maximum absolute atomic E-state index is 11.5. The monoisotopic (exact) mass is 273 g/mol. The van der Waals surface area contributed by atoms with E-state index in [0.717, 1.165) is 0 Å². The van der Waals surface area contributed by atoms with Crippen molar-refractivity contribution < 1.29 is 15.0 Å². The molecule has 0 aromatic heterocycles. The van der Waals surface area contributed by atoms with Gasteiger partial charge in [0.1, 0.15) is 11.5 Å². The fourth-order valence-corrected chi connectivity index (χ4v) is 1.22. The van der Waals surface area contributed by atoms with Crippen molar-refractivity contribution >= 4 is 21.8 Å². The van der Waals surface area contributed by atoms with Gasteiger partial charge in [0.05, 0.1) is 0 Å². The predicted octanol–water partition coefficient (Wildman–Crippen LogP) is 1.61. The first-order valence-corrected chi connectivity index (χ1v) is 5.36. The van der Waals surface area contributed by atoms with Crippen molar-refractivity contribution in [2.24, 2.45) is 0 Å². The van der Waals surface area contributed by atoms with E-state index in [-0.39, 0.29) is 27.8 Å². The van der Waals surface area contributed by atoms with E-state index in [9.17, 15) is 15.0 Å². The molecule has 15 heavy (non-hydrogen) atoms. The molecule has 1 aromatic rings. The number of rotatable bonds is 3. The summed E-state index contributed by atoms with van der Waals surface area (Å²) in [5.74, 6) is -0.591. The minimum Gasteiger partial charge on any atom is -0.508 e. The van der Waals surface area contributed by atoms with Crippen LogP contribution in [0.1, 0.15) is 17.3 Å². The Bertz CT molecular complexity index is 345. The highest BCUT2D eigenvalue weighted by molar-refractivity contribution is 9.09. The van der Waals surface area contributed by atoms with Crippen LogP contribution in [0.5, 0.6) is 11.5 Å². The van der Waals surface area contributed by atoms with Crippen LogP contribution in [0.15, 0.2) is 18.2 Å². The van der Waals surface area contributed by atoms with Gasteiger partial charge >= 0.3 is 0 Å². The van der Waals surface area contributed by atoms with Crippen molar-refractivity contribution in [3.63, 3.8) is 0 Å². The summed E-state index contributed by atoms with van der Waals surface area (Å²) in [5.41, 5.74) is 0.237.